The van der Waals surface area contributed by atoms with Gasteiger partial charge in [0.1, 0.15) is 11.6 Å². The van der Waals surface area contributed by atoms with E-state index in [1.54, 1.807) is 0 Å². The molecule has 0 saturated heterocycles. The first kappa shape index (κ1) is 16.4. The first-order chi connectivity index (χ1) is 9.02. The van der Waals surface area contributed by atoms with Crippen molar-refractivity contribution in [1.29, 1.82) is 0 Å². The minimum Gasteiger partial charge on any atom is -0.207 e. The van der Waals surface area contributed by atoms with E-state index in [1.807, 2.05) is 0 Å². The molecule has 1 atom stereocenters. The van der Waals surface area contributed by atoms with Gasteiger partial charge in [0, 0.05) is 11.1 Å². The van der Waals surface area contributed by atoms with Crippen LogP contribution in [0.3, 0.4) is 0 Å². The van der Waals surface area contributed by atoms with Crippen molar-refractivity contribution in [3.63, 3.8) is 0 Å². The Morgan fingerprint density at radius 1 is 1.11 bits per heavy atom. The summed E-state index contributed by atoms with van der Waals surface area (Å²) in [7, 11) is 0. The molecule has 1 unspecified atom stereocenters. The van der Waals surface area contributed by atoms with Gasteiger partial charge in [-0.15, -0.1) is 0 Å². The van der Waals surface area contributed by atoms with Gasteiger partial charge in [-0.1, -0.05) is 64.0 Å². The summed E-state index contributed by atoms with van der Waals surface area (Å²) in [4.78, 5) is 0. The minimum atomic E-state index is -0.653. The molecule has 0 nitrogen and oxygen atoms in total. The van der Waals surface area contributed by atoms with Gasteiger partial charge in [0.05, 0.1) is 0 Å². The molecule has 2 rings (SSSR count). The average Bonchev–Trinajstić information content (AvgIpc) is 2.38. The van der Waals surface area contributed by atoms with Gasteiger partial charge in [-0.25, -0.2) is 8.78 Å². The minimum absolute atomic E-state index is 0.0764. The van der Waals surface area contributed by atoms with E-state index in [-0.39, 0.29) is 5.02 Å². The quantitative estimate of drug-likeness (QED) is 0.605. The zero-order valence-electron chi connectivity index (χ0n) is 11.8. The van der Waals surface area contributed by atoms with Crippen LogP contribution in [0.5, 0.6) is 0 Å². The molecule has 0 bridgehead atoms. The predicted octanol–water partition coefficient (Wildman–Crippen LogP) is 6.23. The molecule has 0 heterocycles. The summed E-state index contributed by atoms with van der Waals surface area (Å²) in [6.07, 6.45) is 8.88. The highest BCUT2D eigenvalue weighted by Crippen LogP contribution is 2.30. The van der Waals surface area contributed by atoms with Crippen LogP contribution in [-0.2, 0) is 0 Å². The van der Waals surface area contributed by atoms with Crippen molar-refractivity contribution in [2.75, 3.05) is 0 Å². The van der Waals surface area contributed by atoms with Crippen LogP contribution < -0.4 is 0 Å². The fourth-order valence-electron chi connectivity index (χ4n) is 2.56. The Morgan fingerprint density at radius 2 is 1.63 bits per heavy atom. The van der Waals surface area contributed by atoms with Crippen LogP contribution >= 0.6 is 11.6 Å². The summed E-state index contributed by atoms with van der Waals surface area (Å²) < 4.78 is 24.2. The molecule has 1 fully saturated rings. The number of hydrogen-bond donors (Lipinski definition) is 0. The second-order valence-corrected chi connectivity index (χ2v) is 5.81. The molecule has 0 aromatic heterocycles. The fourth-order valence-corrected chi connectivity index (χ4v) is 2.77. The van der Waals surface area contributed by atoms with Crippen molar-refractivity contribution in [2.45, 2.75) is 52.4 Å². The van der Waals surface area contributed by atoms with Crippen LogP contribution in [0, 0.1) is 23.5 Å². The topological polar surface area (TPSA) is 0 Å². The van der Waals surface area contributed by atoms with Gasteiger partial charge < -0.3 is 0 Å². The van der Waals surface area contributed by atoms with Gasteiger partial charge >= 0.3 is 0 Å². The van der Waals surface area contributed by atoms with Crippen molar-refractivity contribution < 1.29 is 8.78 Å². The highest BCUT2D eigenvalue weighted by molar-refractivity contribution is 6.30. The molecule has 1 aliphatic carbocycles. The summed E-state index contributed by atoms with van der Waals surface area (Å²) >= 11 is 5.27. The summed E-state index contributed by atoms with van der Waals surface area (Å²) in [5.41, 5.74) is 0. The van der Waals surface area contributed by atoms with E-state index in [2.05, 4.69) is 13.8 Å². The molecule has 0 aliphatic heterocycles. The molecule has 1 aromatic carbocycles. The molecule has 1 aromatic rings. The Kier molecular flexibility index (Phi) is 7.37. The highest BCUT2D eigenvalue weighted by atomic mass is 35.5. The SMILES string of the molecule is CCC(C)C1CCCCC1.Fc1cc(F)cc(Cl)c1. The van der Waals surface area contributed by atoms with E-state index < -0.39 is 11.6 Å². The lowest BCUT2D eigenvalue weighted by molar-refractivity contribution is 0.258. The van der Waals surface area contributed by atoms with Crippen molar-refractivity contribution in [3.05, 3.63) is 34.9 Å². The molecule has 0 amide bonds. The first-order valence-corrected chi connectivity index (χ1v) is 7.52. The molecule has 0 N–H and O–H groups in total. The van der Waals surface area contributed by atoms with Gasteiger partial charge in [-0.05, 0) is 24.0 Å². The molecular formula is C16H23ClF2. The van der Waals surface area contributed by atoms with E-state index in [0.29, 0.717) is 0 Å². The molecule has 0 spiro atoms. The molecule has 1 saturated carbocycles. The van der Waals surface area contributed by atoms with Gasteiger partial charge in [0.15, 0.2) is 0 Å². The Labute approximate surface area is 120 Å². The Hall–Kier alpha value is -0.630. The summed E-state index contributed by atoms with van der Waals surface area (Å²) in [6.45, 7) is 4.73. The maximum atomic E-state index is 12.1. The summed E-state index contributed by atoms with van der Waals surface area (Å²) in [5.74, 6) is 0.749. The molecular weight excluding hydrogens is 266 g/mol. The molecule has 108 valence electrons. The lowest BCUT2D eigenvalue weighted by Gasteiger charge is -2.26. The second-order valence-electron chi connectivity index (χ2n) is 5.37. The van der Waals surface area contributed by atoms with Crippen LogP contribution in [0.25, 0.3) is 0 Å². The number of benzene rings is 1. The van der Waals surface area contributed by atoms with E-state index in [1.165, 1.54) is 38.5 Å². The average molecular weight is 289 g/mol. The van der Waals surface area contributed by atoms with Crippen molar-refractivity contribution in [3.8, 4) is 0 Å². The van der Waals surface area contributed by atoms with Crippen molar-refractivity contribution >= 4 is 11.6 Å². The van der Waals surface area contributed by atoms with Gasteiger partial charge in [-0.2, -0.15) is 0 Å². The Balaban J connectivity index is 0.000000191. The highest BCUT2D eigenvalue weighted by Gasteiger charge is 2.17. The van der Waals surface area contributed by atoms with E-state index in [9.17, 15) is 8.78 Å². The maximum Gasteiger partial charge on any atom is 0.127 e. The lowest BCUT2D eigenvalue weighted by atomic mass is 9.80. The molecule has 1 aliphatic rings. The Morgan fingerprint density at radius 3 is 2.05 bits per heavy atom. The third-order valence-electron chi connectivity index (χ3n) is 3.93. The third-order valence-corrected chi connectivity index (χ3v) is 4.14. The standard InChI is InChI=1S/C10H20.C6H3ClF2/c1-3-9(2)10-7-5-4-6-8-10;7-4-1-5(8)3-6(9)2-4/h9-10H,3-8H2,1-2H3;1-3H. The number of hydrogen-bond acceptors (Lipinski definition) is 0. The van der Waals surface area contributed by atoms with Crippen LogP contribution in [0.1, 0.15) is 52.4 Å². The maximum absolute atomic E-state index is 12.1. The van der Waals surface area contributed by atoms with Gasteiger partial charge in [0.2, 0.25) is 0 Å². The smallest absolute Gasteiger partial charge is 0.127 e. The first-order valence-electron chi connectivity index (χ1n) is 7.14. The zero-order valence-corrected chi connectivity index (χ0v) is 12.5. The fraction of sp³-hybridized carbons (Fsp3) is 0.625. The summed E-state index contributed by atoms with van der Waals surface area (Å²) in [5, 5.41) is 0.0764. The number of rotatable bonds is 2. The third kappa shape index (κ3) is 6.38. The largest absolute Gasteiger partial charge is 0.207 e. The normalized spacial score (nSPS) is 17.5. The second kappa shape index (κ2) is 8.52. The monoisotopic (exact) mass is 288 g/mol. The Bertz CT molecular complexity index is 323. The van der Waals surface area contributed by atoms with Crippen LogP contribution in [0.4, 0.5) is 8.78 Å². The van der Waals surface area contributed by atoms with Crippen molar-refractivity contribution in [2.24, 2.45) is 11.8 Å². The number of halogens is 3. The summed E-state index contributed by atoms with van der Waals surface area (Å²) in [6, 6.07) is 2.86. The van der Waals surface area contributed by atoms with E-state index in [0.717, 1.165) is 30.0 Å². The predicted molar refractivity (Wildman–Crippen MR) is 77.4 cm³/mol. The van der Waals surface area contributed by atoms with Crippen LogP contribution in [0.2, 0.25) is 5.02 Å². The molecule has 19 heavy (non-hydrogen) atoms. The van der Waals surface area contributed by atoms with Gasteiger partial charge in [-0.3, -0.25) is 0 Å². The van der Waals surface area contributed by atoms with E-state index >= 15 is 0 Å². The van der Waals surface area contributed by atoms with E-state index in [4.69, 9.17) is 11.6 Å². The lowest BCUT2D eigenvalue weighted by Crippen LogP contribution is -2.14. The molecule has 3 heteroatoms. The van der Waals surface area contributed by atoms with Crippen LogP contribution in [-0.4, -0.2) is 0 Å². The van der Waals surface area contributed by atoms with Gasteiger partial charge in [0.25, 0.3) is 0 Å². The van der Waals surface area contributed by atoms with Crippen LogP contribution in [0.15, 0.2) is 18.2 Å². The molecule has 0 radical (unpaired) electrons. The van der Waals surface area contributed by atoms with Crippen molar-refractivity contribution in [1.82, 2.24) is 0 Å². The zero-order chi connectivity index (χ0) is 14.3.